The molecule has 1 aliphatic heterocycles. The van der Waals surface area contributed by atoms with Gasteiger partial charge >= 0.3 is 51.4 Å². The molecule has 13 heavy (non-hydrogen) atoms. The van der Waals surface area contributed by atoms with E-state index in [0.717, 1.165) is 0 Å². The van der Waals surface area contributed by atoms with Gasteiger partial charge in [-0.2, -0.15) is 30.3 Å². The van der Waals surface area contributed by atoms with Crippen molar-refractivity contribution in [2.45, 2.75) is 32.0 Å². The molecule has 1 fully saturated rings. The van der Waals surface area contributed by atoms with Crippen molar-refractivity contribution in [3.05, 3.63) is 35.9 Å². The Labute approximate surface area is 122 Å². The second kappa shape index (κ2) is 5.64. The zero-order valence-electron chi connectivity index (χ0n) is 8.33. The molecule has 1 aliphatic rings. The van der Waals surface area contributed by atoms with Crippen LogP contribution >= 0.6 is 0 Å². The van der Waals surface area contributed by atoms with Gasteiger partial charge in [0.2, 0.25) is 0 Å². The fourth-order valence-corrected chi connectivity index (χ4v) is 1.73. The van der Waals surface area contributed by atoms with Gasteiger partial charge in [-0.15, -0.1) is 0 Å². The van der Waals surface area contributed by atoms with Crippen LogP contribution in [0.1, 0.15) is 31.4 Å². The molecule has 1 heterocycles. The summed E-state index contributed by atoms with van der Waals surface area (Å²) in [5, 5.41) is 0. The number of hydrogen-bond donors (Lipinski definition) is 0. The van der Waals surface area contributed by atoms with E-state index in [1.165, 1.54) is 18.4 Å². The second-order valence-electron chi connectivity index (χ2n) is 3.42. The van der Waals surface area contributed by atoms with E-state index in [2.05, 4.69) is 29.9 Å². The maximum absolute atomic E-state index is 4.64. The molecule has 0 spiro atoms. The van der Waals surface area contributed by atoms with Gasteiger partial charge in [-0.05, 0) is 0 Å². The summed E-state index contributed by atoms with van der Waals surface area (Å²) in [4.78, 5) is 0. The number of benzene rings is 1. The summed E-state index contributed by atoms with van der Waals surface area (Å²) in [6.07, 6.45) is 3.46. The van der Waals surface area contributed by atoms with Crippen LogP contribution in [0.25, 0.3) is 0 Å². The van der Waals surface area contributed by atoms with Gasteiger partial charge in [0.05, 0.1) is 0 Å². The first-order valence-electron chi connectivity index (χ1n) is 4.52. The molecule has 2 unspecified atom stereocenters. The summed E-state index contributed by atoms with van der Waals surface area (Å²) < 4.78 is 4.64. The zero-order valence-corrected chi connectivity index (χ0v) is 11.4. The van der Waals surface area contributed by atoms with Gasteiger partial charge in [-0.3, -0.25) is 0 Å². The summed E-state index contributed by atoms with van der Waals surface area (Å²) in [5.41, 5.74) is 1.35. The average Bonchev–Trinajstić information content (AvgIpc) is 2.54. The minimum atomic E-state index is 0. The third kappa shape index (κ3) is 3.15. The molecule has 1 saturated heterocycles. The van der Waals surface area contributed by atoms with Gasteiger partial charge in [-0.25, -0.2) is 0 Å². The number of ether oxygens (including phenoxy) is 1. The van der Waals surface area contributed by atoms with Crippen LogP contribution in [0, 0.1) is 6.07 Å². The van der Waals surface area contributed by atoms with Gasteiger partial charge in [0.25, 0.3) is 0 Å². The predicted octanol–water partition coefficient (Wildman–Crippen LogP) is -0.758. The van der Waals surface area contributed by atoms with Crippen molar-refractivity contribution in [3.63, 3.8) is 0 Å². The fraction of sp³-hybridized carbons (Fsp3) is 0.455. The maximum atomic E-state index is 4.64. The monoisotopic (exact) mass is 201 g/mol. The van der Waals surface area contributed by atoms with Crippen LogP contribution in [0.4, 0.5) is 0 Å². The van der Waals surface area contributed by atoms with Gasteiger partial charge in [-0.1, -0.05) is 5.56 Å². The van der Waals surface area contributed by atoms with Crippen molar-refractivity contribution >= 4 is 0 Å². The SMILES string of the molecule is CC1CCC(c2cc[c-]cc2)[OH+]1.[K+]. The molecule has 1 aromatic rings. The second-order valence-corrected chi connectivity index (χ2v) is 3.42. The van der Waals surface area contributed by atoms with Crippen molar-refractivity contribution in [1.29, 1.82) is 0 Å². The summed E-state index contributed by atoms with van der Waals surface area (Å²) >= 11 is 0. The number of aliphatic hydroxyl groups is 2. The van der Waals surface area contributed by atoms with Crippen molar-refractivity contribution in [2.24, 2.45) is 0 Å². The molecular weight excluding hydrogens is 187 g/mol. The van der Waals surface area contributed by atoms with E-state index in [4.69, 9.17) is 0 Å². The third-order valence-corrected chi connectivity index (χ3v) is 2.42. The van der Waals surface area contributed by atoms with Crippen LogP contribution in [0.15, 0.2) is 24.3 Å². The molecule has 2 heteroatoms. The molecule has 0 aliphatic carbocycles. The molecule has 1 nitrogen and oxygen atoms in total. The van der Waals surface area contributed by atoms with Crippen LogP contribution in [0.5, 0.6) is 0 Å². The van der Waals surface area contributed by atoms with Crippen molar-refractivity contribution in [2.75, 3.05) is 0 Å². The largest absolute Gasteiger partial charge is 1.00 e. The standard InChI is InChI=1S/C11H13O.K/c1-9-7-8-11(12-9)10-5-3-2-4-6-10;/h3-6,9,11H,7-8H2,1H3;/q-1;+1/p+1. The van der Waals surface area contributed by atoms with Gasteiger partial charge in [0.15, 0.2) is 12.2 Å². The number of hydrogen-bond acceptors (Lipinski definition) is 0. The Morgan fingerprint density at radius 2 is 2.00 bits per heavy atom. The first-order valence-corrected chi connectivity index (χ1v) is 4.52. The molecule has 2 atom stereocenters. The summed E-state index contributed by atoms with van der Waals surface area (Å²) in [7, 11) is 0. The maximum Gasteiger partial charge on any atom is 1.00 e. The van der Waals surface area contributed by atoms with E-state index in [1.807, 2.05) is 12.1 Å². The summed E-state index contributed by atoms with van der Waals surface area (Å²) in [6.45, 7) is 2.19. The quantitative estimate of drug-likeness (QED) is 0.322. The summed E-state index contributed by atoms with van der Waals surface area (Å²) in [5.74, 6) is 0. The Morgan fingerprint density at radius 1 is 1.31 bits per heavy atom. The van der Waals surface area contributed by atoms with E-state index in [-0.39, 0.29) is 51.4 Å². The van der Waals surface area contributed by atoms with E-state index < -0.39 is 0 Å². The van der Waals surface area contributed by atoms with Gasteiger partial charge < -0.3 is 4.74 Å². The van der Waals surface area contributed by atoms with Crippen LogP contribution in [-0.2, 0) is 0 Å². The first kappa shape index (κ1) is 11.9. The molecule has 0 aromatic heterocycles. The first-order chi connectivity index (χ1) is 5.86. The topological polar surface area (TPSA) is 12.8 Å². The average molecular weight is 201 g/mol. The van der Waals surface area contributed by atoms with Crippen LogP contribution in [0.3, 0.4) is 0 Å². The normalized spacial score (nSPS) is 26.8. The van der Waals surface area contributed by atoms with Gasteiger partial charge in [0.1, 0.15) is 0 Å². The van der Waals surface area contributed by atoms with E-state index in [9.17, 15) is 0 Å². The number of rotatable bonds is 1. The van der Waals surface area contributed by atoms with Crippen molar-refractivity contribution in [3.8, 4) is 0 Å². The molecule has 64 valence electrons. The smallest absolute Gasteiger partial charge is 0.427 e. The Bertz CT molecular complexity index is 248. The van der Waals surface area contributed by atoms with Crippen LogP contribution < -0.4 is 51.4 Å². The molecular formula is C11H14KO+. The predicted molar refractivity (Wildman–Crippen MR) is 48.9 cm³/mol. The fourth-order valence-electron chi connectivity index (χ4n) is 1.73. The molecule has 0 amide bonds. The Hall–Kier alpha value is 0.816. The zero-order chi connectivity index (χ0) is 8.39. The Morgan fingerprint density at radius 3 is 2.54 bits per heavy atom. The van der Waals surface area contributed by atoms with E-state index in [1.54, 1.807) is 0 Å². The van der Waals surface area contributed by atoms with Crippen molar-refractivity contribution in [1.82, 2.24) is 0 Å². The minimum Gasteiger partial charge on any atom is -0.427 e. The molecule has 0 bridgehead atoms. The Kier molecular flexibility index (Phi) is 5.16. The summed E-state index contributed by atoms with van der Waals surface area (Å²) in [6, 6.07) is 11.2. The van der Waals surface area contributed by atoms with Crippen LogP contribution in [0.2, 0.25) is 0 Å². The van der Waals surface area contributed by atoms with Crippen molar-refractivity contribution < 1.29 is 56.1 Å². The third-order valence-electron chi connectivity index (χ3n) is 2.42. The molecule has 0 saturated carbocycles. The molecule has 2 rings (SSSR count). The van der Waals surface area contributed by atoms with E-state index >= 15 is 0 Å². The van der Waals surface area contributed by atoms with Gasteiger partial charge in [0, 0.05) is 19.8 Å². The molecule has 0 radical (unpaired) electrons. The molecule has 1 N–H and O–H groups in total. The Balaban J connectivity index is 0.000000845. The molecule has 1 aromatic carbocycles. The van der Waals surface area contributed by atoms with Crippen LogP contribution in [-0.4, -0.2) is 10.8 Å². The van der Waals surface area contributed by atoms with E-state index in [0.29, 0.717) is 12.2 Å². The minimum absolute atomic E-state index is 0.